The maximum Gasteiger partial charge on any atom is 0.271 e. The van der Waals surface area contributed by atoms with Gasteiger partial charge in [0, 0.05) is 25.9 Å². The van der Waals surface area contributed by atoms with Gasteiger partial charge in [0.15, 0.2) is 0 Å². The van der Waals surface area contributed by atoms with Crippen LogP contribution in [0.25, 0.3) is 0 Å². The lowest BCUT2D eigenvalue weighted by atomic mass is 9.86. The van der Waals surface area contributed by atoms with Gasteiger partial charge in [-0.15, -0.1) is 0 Å². The average Bonchev–Trinajstić information content (AvgIpc) is 3.30. The topological polar surface area (TPSA) is 89.1 Å². The lowest BCUT2D eigenvalue weighted by Crippen LogP contribution is -2.51. The molecule has 2 saturated carbocycles. The highest BCUT2D eigenvalue weighted by atomic mass is 79.9. The molecule has 1 aliphatic heterocycles. The zero-order chi connectivity index (χ0) is 22.1. The minimum Gasteiger partial charge on any atom is -0.391 e. The van der Waals surface area contributed by atoms with Gasteiger partial charge < -0.3 is 16.4 Å². The molecule has 1 amide bonds. The van der Waals surface area contributed by atoms with Crippen LogP contribution in [-0.2, 0) is 5.66 Å². The predicted octanol–water partition coefficient (Wildman–Crippen LogP) is 3.57. The number of hydrogen-bond donors (Lipinski definition) is 3. The second kappa shape index (κ2) is 8.96. The summed E-state index contributed by atoms with van der Waals surface area (Å²) in [5.74, 6) is -1.39. The van der Waals surface area contributed by atoms with E-state index in [4.69, 9.17) is 17.3 Å². The molecule has 2 aliphatic carbocycles. The summed E-state index contributed by atoms with van der Waals surface area (Å²) in [6, 6.07) is 1.35. The minimum absolute atomic E-state index is 0.00539. The van der Waals surface area contributed by atoms with Crippen molar-refractivity contribution >= 4 is 33.4 Å². The molecule has 0 saturated heterocycles. The van der Waals surface area contributed by atoms with Crippen LogP contribution in [0.2, 0.25) is 5.02 Å². The summed E-state index contributed by atoms with van der Waals surface area (Å²) >= 11 is 9.09. The normalized spacial score (nSPS) is 25.5. The van der Waals surface area contributed by atoms with E-state index in [0.29, 0.717) is 6.54 Å². The van der Waals surface area contributed by atoms with Crippen molar-refractivity contribution in [3.05, 3.63) is 43.9 Å². The molecule has 166 valence electrons. The zero-order valence-electron chi connectivity index (χ0n) is 16.7. The Kier molecular flexibility index (Phi) is 6.94. The molecule has 4 rings (SSSR count). The minimum atomic E-state index is -2.75. The van der Waals surface area contributed by atoms with Crippen LogP contribution in [-0.4, -0.2) is 29.5 Å². The van der Waals surface area contributed by atoms with Crippen molar-refractivity contribution in [3.63, 3.8) is 0 Å². The number of rotatable bonds is 4. The standard InChI is InChI=1S/C12H10BrClF2N2O2.C8H16N2/c13-6-5-7(14)8-9(19)17-12(18(8)10(6)20)3-1-11(15,16)2-4-12;1-7-5-8(7)6-10-4-2-3-9/h5H,1-4H2,(H,17,19);2,4,7-8,10H,3,5-6,9H2,1H3/b;4-2+. The van der Waals surface area contributed by atoms with Gasteiger partial charge in [0.1, 0.15) is 11.4 Å². The maximum absolute atomic E-state index is 13.3. The Balaban J connectivity index is 0.000000216. The lowest BCUT2D eigenvalue weighted by Gasteiger charge is -2.38. The van der Waals surface area contributed by atoms with Gasteiger partial charge in [-0.2, -0.15) is 0 Å². The number of carbonyl (C=O) groups is 1. The fraction of sp³-hybridized carbons (Fsp3) is 0.600. The Morgan fingerprint density at radius 2 is 2.00 bits per heavy atom. The smallest absolute Gasteiger partial charge is 0.271 e. The molecule has 30 heavy (non-hydrogen) atoms. The molecule has 3 aliphatic rings. The molecular weight excluding hydrogens is 482 g/mol. The number of aromatic nitrogens is 1. The quantitative estimate of drug-likeness (QED) is 0.581. The first-order valence-corrected chi connectivity index (χ1v) is 11.2. The summed E-state index contributed by atoms with van der Waals surface area (Å²) in [6.45, 7) is 4.05. The second-order valence-electron chi connectivity index (χ2n) is 8.19. The molecule has 4 N–H and O–H groups in total. The first kappa shape index (κ1) is 23.2. The van der Waals surface area contributed by atoms with Crippen LogP contribution < -0.4 is 21.9 Å². The summed E-state index contributed by atoms with van der Waals surface area (Å²) in [6.07, 6.45) is 4.55. The van der Waals surface area contributed by atoms with Crippen molar-refractivity contribution in [2.24, 2.45) is 17.6 Å². The molecule has 1 aromatic heterocycles. The number of halogens is 4. The monoisotopic (exact) mass is 506 g/mol. The van der Waals surface area contributed by atoms with Gasteiger partial charge in [-0.05, 0) is 59.3 Å². The highest BCUT2D eigenvalue weighted by molar-refractivity contribution is 9.10. The fourth-order valence-corrected chi connectivity index (χ4v) is 4.75. The van der Waals surface area contributed by atoms with Crippen molar-refractivity contribution in [2.45, 2.75) is 50.6 Å². The Morgan fingerprint density at radius 1 is 1.37 bits per heavy atom. The molecule has 1 spiro atoms. The van der Waals surface area contributed by atoms with Gasteiger partial charge in [-0.25, -0.2) is 8.78 Å². The van der Waals surface area contributed by atoms with Crippen LogP contribution in [0.15, 0.2) is 27.6 Å². The molecule has 6 nitrogen and oxygen atoms in total. The molecular formula is C20H26BrClF2N4O2. The third kappa shape index (κ3) is 4.89. The molecule has 10 heteroatoms. The van der Waals surface area contributed by atoms with Crippen molar-refractivity contribution in [2.75, 3.05) is 13.1 Å². The van der Waals surface area contributed by atoms with Crippen LogP contribution in [0.4, 0.5) is 8.78 Å². The van der Waals surface area contributed by atoms with Gasteiger partial charge >= 0.3 is 0 Å². The summed E-state index contributed by atoms with van der Waals surface area (Å²) in [7, 11) is 0. The van der Waals surface area contributed by atoms with Crippen molar-refractivity contribution in [1.29, 1.82) is 0 Å². The third-order valence-electron chi connectivity index (χ3n) is 5.94. The largest absolute Gasteiger partial charge is 0.391 e. The first-order valence-electron chi connectivity index (χ1n) is 10.0. The number of carbonyl (C=O) groups excluding carboxylic acids is 1. The van der Waals surface area contributed by atoms with E-state index in [9.17, 15) is 18.4 Å². The molecule has 2 heterocycles. The number of fused-ring (bicyclic) bond motifs is 2. The molecule has 2 unspecified atom stereocenters. The zero-order valence-corrected chi connectivity index (χ0v) is 19.0. The van der Waals surface area contributed by atoms with Crippen LogP contribution in [0, 0.1) is 11.8 Å². The van der Waals surface area contributed by atoms with E-state index < -0.39 is 23.1 Å². The highest BCUT2D eigenvalue weighted by Gasteiger charge is 2.51. The molecule has 2 atom stereocenters. The maximum atomic E-state index is 13.3. The van der Waals surface area contributed by atoms with Crippen LogP contribution in [0.1, 0.15) is 49.5 Å². The Hall–Kier alpha value is -1.45. The van der Waals surface area contributed by atoms with E-state index in [1.54, 1.807) is 0 Å². The SMILES string of the molecule is CC1CC1CN/C=C/CN.O=C1NC2(CCC(F)(F)CC2)n2c1c(Cl)cc(Br)c2=O. The van der Waals surface area contributed by atoms with Crippen molar-refractivity contribution in [3.8, 4) is 0 Å². The lowest BCUT2D eigenvalue weighted by molar-refractivity contribution is -0.0668. The number of alkyl halides is 2. The molecule has 1 aromatic rings. The van der Waals surface area contributed by atoms with Gasteiger partial charge in [0.25, 0.3) is 11.5 Å². The van der Waals surface area contributed by atoms with Gasteiger partial charge in [0.2, 0.25) is 5.92 Å². The predicted molar refractivity (Wildman–Crippen MR) is 116 cm³/mol. The summed E-state index contributed by atoms with van der Waals surface area (Å²) in [5, 5.41) is 6.01. The molecule has 0 bridgehead atoms. The van der Waals surface area contributed by atoms with Gasteiger partial charge in [0.05, 0.1) is 9.50 Å². The molecule has 0 radical (unpaired) electrons. The van der Waals surface area contributed by atoms with Crippen LogP contribution in [0.3, 0.4) is 0 Å². The number of amides is 1. The van der Waals surface area contributed by atoms with E-state index in [2.05, 4.69) is 33.5 Å². The number of nitrogens with one attached hydrogen (secondary N) is 2. The number of nitrogens with zero attached hydrogens (tertiary/aromatic N) is 1. The van der Waals surface area contributed by atoms with Crippen molar-refractivity contribution < 1.29 is 13.6 Å². The summed E-state index contributed by atoms with van der Waals surface area (Å²) in [5.41, 5.74) is 3.79. The highest BCUT2D eigenvalue weighted by Crippen LogP contribution is 2.44. The summed E-state index contributed by atoms with van der Waals surface area (Å²) in [4.78, 5) is 24.3. The summed E-state index contributed by atoms with van der Waals surface area (Å²) < 4.78 is 28.1. The van der Waals surface area contributed by atoms with Crippen molar-refractivity contribution in [1.82, 2.24) is 15.2 Å². The second-order valence-corrected chi connectivity index (χ2v) is 9.45. The van der Waals surface area contributed by atoms with Crippen LogP contribution >= 0.6 is 27.5 Å². The number of nitrogens with two attached hydrogens (primary N) is 1. The number of hydrogen-bond acceptors (Lipinski definition) is 4. The Labute approximate surface area is 187 Å². The van der Waals surface area contributed by atoms with E-state index in [1.807, 2.05) is 12.3 Å². The first-order chi connectivity index (χ1) is 14.1. The fourth-order valence-electron chi connectivity index (χ4n) is 3.93. The number of pyridine rings is 1. The Morgan fingerprint density at radius 3 is 2.57 bits per heavy atom. The Bertz CT molecular complexity index is 896. The van der Waals surface area contributed by atoms with Gasteiger partial charge in [-0.1, -0.05) is 24.6 Å². The molecule has 0 aromatic carbocycles. The van der Waals surface area contributed by atoms with E-state index in [1.165, 1.54) is 17.1 Å². The van der Waals surface area contributed by atoms with Crippen LogP contribution in [0.5, 0.6) is 0 Å². The van der Waals surface area contributed by atoms with Gasteiger partial charge in [-0.3, -0.25) is 14.2 Å². The molecule has 2 fully saturated rings. The third-order valence-corrected chi connectivity index (χ3v) is 6.79. The average molecular weight is 508 g/mol. The van der Waals surface area contributed by atoms with E-state index >= 15 is 0 Å². The van der Waals surface area contributed by atoms with E-state index in [0.717, 1.165) is 18.4 Å². The van der Waals surface area contributed by atoms with E-state index in [-0.39, 0.29) is 40.9 Å².